The van der Waals surface area contributed by atoms with E-state index in [4.69, 9.17) is 19.5 Å². The lowest BCUT2D eigenvalue weighted by Crippen LogP contribution is -2.58. The first-order valence-corrected chi connectivity index (χ1v) is 10.4. The summed E-state index contributed by atoms with van der Waals surface area (Å²) < 4.78 is 27.9. The van der Waals surface area contributed by atoms with E-state index in [0.29, 0.717) is 26.2 Å². The second kappa shape index (κ2) is 10.1. The third kappa shape index (κ3) is 6.26. The van der Waals surface area contributed by atoms with Gasteiger partial charge in [0.25, 0.3) is 0 Å². The Morgan fingerprint density at radius 3 is 2.24 bits per heavy atom. The summed E-state index contributed by atoms with van der Waals surface area (Å²) in [7, 11) is -3.39. The van der Waals surface area contributed by atoms with Gasteiger partial charge in [0.2, 0.25) is 5.91 Å². The smallest absolute Gasteiger partial charge is 0.410 e. The van der Waals surface area contributed by atoms with Crippen LogP contribution in [0.3, 0.4) is 0 Å². The van der Waals surface area contributed by atoms with Gasteiger partial charge in [0.1, 0.15) is 0 Å². The molecule has 10 heteroatoms. The van der Waals surface area contributed by atoms with E-state index in [-0.39, 0.29) is 37.4 Å². The highest BCUT2D eigenvalue weighted by atomic mass is 31.2. The molecule has 1 unspecified atom stereocenters. The van der Waals surface area contributed by atoms with Gasteiger partial charge in [0.15, 0.2) is 0 Å². The van der Waals surface area contributed by atoms with Crippen LogP contribution in [0.1, 0.15) is 27.7 Å². The molecule has 1 rings (SSSR count). The van der Waals surface area contributed by atoms with Gasteiger partial charge < -0.3 is 29.3 Å². The van der Waals surface area contributed by atoms with E-state index in [2.05, 4.69) is 0 Å². The molecule has 0 aliphatic carbocycles. The average Bonchev–Trinajstić information content (AvgIpc) is 2.54. The number of carbonyl (C=O) groups excluding carboxylic acids is 2. The van der Waals surface area contributed by atoms with Gasteiger partial charge >= 0.3 is 13.7 Å². The molecule has 9 nitrogen and oxygen atoms in total. The van der Waals surface area contributed by atoms with E-state index in [1.54, 1.807) is 30.6 Å². The fourth-order valence-electron chi connectivity index (χ4n) is 2.72. The van der Waals surface area contributed by atoms with Gasteiger partial charge in [0.05, 0.1) is 32.0 Å². The molecule has 2 amide bonds. The Bertz CT molecular complexity index is 494. The van der Waals surface area contributed by atoms with Gasteiger partial charge in [-0.15, -0.1) is 0 Å². The van der Waals surface area contributed by atoms with Crippen LogP contribution in [0.5, 0.6) is 0 Å². The molecule has 1 fully saturated rings. The molecule has 146 valence electrons. The number of rotatable bonds is 8. The van der Waals surface area contributed by atoms with Crippen molar-refractivity contribution in [3.8, 4) is 0 Å². The zero-order chi connectivity index (χ0) is 19.0. The maximum atomic E-state index is 12.6. The van der Waals surface area contributed by atoms with Crippen LogP contribution in [0.15, 0.2) is 0 Å². The number of ether oxygens (including phenoxy) is 1. The van der Waals surface area contributed by atoms with Crippen LogP contribution < -0.4 is 5.73 Å². The highest BCUT2D eigenvalue weighted by Gasteiger charge is 2.36. The van der Waals surface area contributed by atoms with Crippen molar-refractivity contribution >= 4 is 19.6 Å². The van der Waals surface area contributed by atoms with Gasteiger partial charge in [-0.25, -0.2) is 4.79 Å². The molecular weight excluding hydrogens is 349 g/mol. The summed E-state index contributed by atoms with van der Waals surface area (Å²) in [4.78, 5) is 27.6. The fourth-order valence-corrected chi connectivity index (χ4v) is 4.44. The number of nitrogens with zero attached hydrogens (tertiary/aromatic N) is 2. The molecule has 1 aliphatic rings. The highest BCUT2D eigenvalue weighted by molar-refractivity contribution is 7.53. The van der Waals surface area contributed by atoms with Crippen molar-refractivity contribution in [3.05, 3.63) is 0 Å². The lowest BCUT2D eigenvalue weighted by atomic mass is 10.2. The van der Waals surface area contributed by atoms with Crippen LogP contribution in [0.25, 0.3) is 0 Å². The van der Waals surface area contributed by atoms with Gasteiger partial charge in [-0.05, 0) is 27.7 Å². The van der Waals surface area contributed by atoms with E-state index in [1.165, 1.54) is 0 Å². The minimum atomic E-state index is -3.39. The molecule has 0 saturated carbocycles. The van der Waals surface area contributed by atoms with Crippen molar-refractivity contribution in [2.75, 3.05) is 45.6 Å². The molecule has 0 aromatic rings. The Hall–Kier alpha value is -1.15. The predicted molar refractivity (Wildman–Crippen MR) is 93.5 cm³/mol. The maximum Gasteiger partial charge on any atom is 0.410 e. The molecule has 0 spiro atoms. The van der Waals surface area contributed by atoms with Gasteiger partial charge in [-0.2, -0.15) is 0 Å². The summed E-state index contributed by atoms with van der Waals surface area (Å²) in [6.45, 7) is 8.80. The summed E-state index contributed by atoms with van der Waals surface area (Å²) in [5.74, 6) is -0.324. The second-order valence-electron chi connectivity index (χ2n) is 5.76. The fraction of sp³-hybridized carbons (Fsp3) is 0.867. The van der Waals surface area contributed by atoms with Crippen LogP contribution in [0.2, 0.25) is 0 Å². The maximum absolute atomic E-state index is 12.6. The Labute approximate surface area is 149 Å². The molecule has 0 radical (unpaired) electrons. The topological polar surface area (TPSA) is 111 Å². The Morgan fingerprint density at radius 1 is 1.16 bits per heavy atom. The largest absolute Gasteiger partial charge is 0.450 e. The SMILES string of the molecule is CCOC(=O)N1CCN(C(=O)[C@@H](N)CP(=O)(OCC)OCC)CC1C. The summed E-state index contributed by atoms with van der Waals surface area (Å²) in [5, 5.41) is 0. The van der Waals surface area contributed by atoms with E-state index >= 15 is 0 Å². The normalized spacial score (nSPS) is 19.6. The number of piperazine rings is 1. The molecule has 2 atom stereocenters. The Balaban J connectivity index is 2.65. The zero-order valence-electron chi connectivity index (χ0n) is 15.5. The van der Waals surface area contributed by atoms with Crippen LogP contribution >= 0.6 is 7.60 Å². The first-order valence-electron chi connectivity index (χ1n) is 8.63. The number of hydrogen-bond donors (Lipinski definition) is 1. The molecule has 2 N–H and O–H groups in total. The molecule has 1 heterocycles. The lowest BCUT2D eigenvalue weighted by Gasteiger charge is -2.40. The van der Waals surface area contributed by atoms with E-state index < -0.39 is 13.6 Å². The number of carbonyl (C=O) groups is 2. The van der Waals surface area contributed by atoms with E-state index in [9.17, 15) is 14.2 Å². The van der Waals surface area contributed by atoms with Crippen molar-refractivity contribution in [1.82, 2.24) is 9.80 Å². The van der Waals surface area contributed by atoms with Crippen molar-refractivity contribution in [2.24, 2.45) is 5.73 Å². The standard InChI is InChI=1S/C15H30N3O6P/c1-5-22-15(20)18-9-8-17(10-12(18)4)14(19)13(16)11-25(21,23-6-2)24-7-3/h12-13H,5-11,16H2,1-4H3/t12?,13-/m0/s1. The van der Waals surface area contributed by atoms with Crippen LogP contribution in [-0.2, 0) is 23.1 Å². The Morgan fingerprint density at radius 2 is 1.76 bits per heavy atom. The minimum absolute atomic E-state index is 0.167. The third-order valence-corrected chi connectivity index (χ3v) is 5.97. The first-order chi connectivity index (χ1) is 11.8. The Kier molecular flexibility index (Phi) is 8.85. The predicted octanol–water partition coefficient (Wildman–Crippen LogP) is 1.27. The number of amides is 2. The molecule has 1 aliphatic heterocycles. The van der Waals surface area contributed by atoms with Crippen molar-refractivity contribution in [1.29, 1.82) is 0 Å². The third-order valence-electron chi connectivity index (χ3n) is 3.83. The monoisotopic (exact) mass is 379 g/mol. The molecule has 25 heavy (non-hydrogen) atoms. The molecule has 0 aromatic carbocycles. The van der Waals surface area contributed by atoms with Crippen LogP contribution in [0.4, 0.5) is 4.79 Å². The lowest BCUT2D eigenvalue weighted by molar-refractivity contribution is -0.134. The van der Waals surface area contributed by atoms with Crippen molar-refractivity contribution in [2.45, 2.75) is 39.8 Å². The summed E-state index contributed by atoms with van der Waals surface area (Å²) in [6, 6.07) is -1.17. The van der Waals surface area contributed by atoms with E-state index in [1.807, 2.05) is 6.92 Å². The number of hydrogen-bond acceptors (Lipinski definition) is 7. The van der Waals surface area contributed by atoms with Gasteiger partial charge in [-0.3, -0.25) is 9.36 Å². The first kappa shape index (κ1) is 21.9. The van der Waals surface area contributed by atoms with Gasteiger partial charge in [-0.1, -0.05) is 0 Å². The summed E-state index contributed by atoms with van der Waals surface area (Å²) in [5.41, 5.74) is 5.95. The minimum Gasteiger partial charge on any atom is -0.450 e. The zero-order valence-corrected chi connectivity index (χ0v) is 16.4. The summed E-state index contributed by atoms with van der Waals surface area (Å²) in [6.07, 6.45) is -0.552. The van der Waals surface area contributed by atoms with Gasteiger partial charge in [0, 0.05) is 25.7 Å². The molecule has 1 saturated heterocycles. The van der Waals surface area contributed by atoms with Crippen molar-refractivity contribution in [3.63, 3.8) is 0 Å². The van der Waals surface area contributed by atoms with E-state index in [0.717, 1.165) is 0 Å². The highest BCUT2D eigenvalue weighted by Crippen LogP contribution is 2.48. The average molecular weight is 379 g/mol. The summed E-state index contributed by atoms with van der Waals surface area (Å²) >= 11 is 0. The quantitative estimate of drug-likeness (QED) is 0.632. The molecule has 0 bridgehead atoms. The van der Waals surface area contributed by atoms with Crippen LogP contribution in [-0.4, -0.2) is 79.5 Å². The molecular formula is C15H30N3O6P. The second-order valence-corrected chi connectivity index (χ2v) is 7.86. The molecule has 0 aromatic heterocycles. The van der Waals surface area contributed by atoms with Crippen molar-refractivity contribution < 1.29 is 27.9 Å². The van der Waals surface area contributed by atoms with Crippen LogP contribution in [0, 0.1) is 0 Å². The number of nitrogens with two attached hydrogens (primary N) is 1.